The first kappa shape index (κ1) is 28.2. The van der Waals surface area contributed by atoms with Crippen LogP contribution >= 0.6 is 0 Å². The maximum absolute atomic E-state index is 14.6. The maximum Gasteiger partial charge on any atom is 0.211 e. The Morgan fingerprint density at radius 3 is 2.52 bits per heavy atom. The molecule has 2 rings (SSSR count). The smallest absolute Gasteiger partial charge is 0.211 e. The summed E-state index contributed by atoms with van der Waals surface area (Å²) in [5, 5.41) is 0. The van der Waals surface area contributed by atoms with Crippen molar-refractivity contribution in [2.75, 3.05) is 32.8 Å². The van der Waals surface area contributed by atoms with E-state index in [0.717, 1.165) is 25.7 Å². The third kappa shape index (κ3) is 9.26. The van der Waals surface area contributed by atoms with Crippen LogP contribution in [0.1, 0.15) is 51.0 Å². The Morgan fingerprint density at radius 2 is 1.91 bits per heavy atom. The van der Waals surface area contributed by atoms with Gasteiger partial charge >= 0.3 is 0 Å². The number of ether oxygens (including phenoxy) is 3. The number of sulfonamides is 1. The molecule has 190 valence electrons. The fourth-order valence-corrected chi connectivity index (χ4v) is 6.64. The summed E-state index contributed by atoms with van der Waals surface area (Å²) in [7, 11) is -4.14. The van der Waals surface area contributed by atoms with Crippen LogP contribution in [0.5, 0.6) is 5.75 Å². The molecule has 7 nitrogen and oxygen atoms in total. The van der Waals surface area contributed by atoms with Crippen molar-refractivity contribution in [2.45, 2.75) is 76.8 Å². The highest BCUT2D eigenvalue weighted by atomic mass is 32.2. The minimum Gasteiger partial charge on any atom is -0.487 e. The van der Waals surface area contributed by atoms with Crippen molar-refractivity contribution in [3.05, 3.63) is 29.6 Å². The zero-order chi connectivity index (χ0) is 24.5. The van der Waals surface area contributed by atoms with Gasteiger partial charge in [-0.15, -0.1) is 0 Å². The third-order valence-corrected chi connectivity index (χ3v) is 8.02. The fourth-order valence-electron chi connectivity index (χ4n) is 4.04. The lowest BCUT2D eigenvalue weighted by Gasteiger charge is -2.39. The molecule has 0 spiro atoms. The van der Waals surface area contributed by atoms with E-state index in [1.165, 1.54) is 13.2 Å². The molecule has 0 amide bonds. The summed E-state index contributed by atoms with van der Waals surface area (Å²) in [6, 6.07) is 4.75. The van der Waals surface area contributed by atoms with Crippen LogP contribution in [0.15, 0.2) is 18.2 Å². The molecule has 0 bridgehead atoms. The zero-order valence-corrected chi connectivity index (χ0v) is 22.4. The molecule has 1 aromatic carbocycles. The summed E-state index contributed by atoms with van der Waals surface area (Å²) in [5.41, 5.74) is -0.209. The first-order valence-electron chi connectivity index (χ1n) is 11.7. The molecule has 1 aromatic rings. The van der Waals surface area contributed by atoms with Gasteiger partial charge in [0.15, 0.2) is 19.9 Å². The Balaban J connectivity index is 2.22. The molecule has 1 atom stereocenters. The van der Waals surface area contributed by atoms with Crippen molar-refractivity contribution in [3.8, 4) is 5.75 Å². The Hall–Kier alpha value is -1.04. The van der Waals surface area contributed by atoms with Crippen LogP contribution in [-0.4, -0.2) is 55.6 Å². The van der Waals surface area contributed by atoms with Gasteiger partial charge in [0.25, 0.3) is 0 Å². The highest BCUT2D eigenvalue weighted by Gasteiger charge is 2.38. The van der Waals surface area contributed by atoms with E-state index in [0.29, 0.717) is 25.0 Å². The van der Waals surface area contributed by atoms with Crippen LogP contribution in [0.3, 0.4) is 0 Å². The van der Waals surface area contributed by atoms with Crippen molar-refractivity contribution < 1.29 is 31.4 Å². The molecule has 1 aliphatic rings. The van der Waals surface area contributed by atoms with E-state index < -0.39 is 29.8 Å². The number of methoxy groups -OCH3 is 1. The SMILES string of the molecule is CC[C@](CNS(=O)(=O)CCCOCOC)(O[Si](C)(C)C)c1ccc(F)c(OC2CCCC2)c1. The largest absolute Gasteiger partial charge is 0.487 e. The monoisotopic (exact) mass is 505 g/mol. The average molecular weight is 506 g/mol. The number of halogens is 1. The molecular formula is C23H40FNO6SSi. The first-order valence-corrected chi connectivity index (χ1v) is 16.8. The lowest BCUT2D eigenvalue weighted by atomic mass is 9.91. The Morgan fingerprint density at radius 1 is 1.21 bits per heavy atom. The van der Waals surface area contributed by atoms with Gasteiger partial charge < -0.3 is 18.6 Å². The van der Waals surface area contributed by atoms with Gasteiger partial charge in [0, 0.05) is 13.7 Å². The number of rotatable bonds is 15. The van der Waals surface area contributed by atoms with Crippen molar-refractivity contribution in [2.24, 2.45) is 0 Å². The molecule has 0 heterocycles. The van der Waals surface area contributed by atoms with Crippen molar-refractivity contribution in [1.29, 1.82) is 0 Å². The minimum absolute atomic E-state index is 0.0162. The summed E-state index contributed by atoms with van der Waals surface area (Å²) < 4.78 is 65.1. The van der Waals surface area contributed by atoms with Gasteiger partial charge in [-0.2, -0.15) is 0 Å². The van der Waals surface area contributed by atoms with E-state index in [2.05, 4.69) is 24.4 Å². The molecule has 0 radical (unpaired) electrons. The van der Waals surface area contributed by atoms with Crippen LogP contribution in [0.25, 0.3) is 0 Å². The summed E-state index contributed by atoms with van der Waals surface area (Å²) in [6.45, 7) is 8.60. The van der Waals surface area contributed by atoms with E-state index in [9.17, 15) is 12.8 Å². The first-order chi connectivity index (χ1) is 15.5. The van der Waals surface area contributed by atoms with E-state index in [4.69, 9.17) is 18.6 Å². The summed E-state index contributed by atoms with van der Waals surface area (Å²) >= 11 is 0. The molecule has 0 saturated heterocycles. The average Bonchev–Trinajstić information content (AvgIpc) is 3.25. The molecule has 1 aliphatic carbocycles. The van der Waals surface area contributed by atoms with Crippen LogP contribution in [0, 0.1) is 5.82 Å². The van der Waals surface area contributed by atoms with Gasteiger partial charge in [0.1, 0.15) is 6.79 Å². The second kappa shape index (κ2) is 12.6. The van der Waals surface area contributed by atoms with Crippen molar-refractivity contribution in [3.63, 3.8) is 0 Å². The predicted molar refractivity (Wildman–Crippen MR) is 130 cm³/mol. The topological polar surface area (TPSA) is 83.1 Å². The van der Waals surface area contributed by atoms with Gasteiger partial charge in [-0.3, -0.25) is 0 Å². The highest BCUT2D eigenvalue weighted by molar-refractivity contribution is 7.89. The van der Waals surface area contributed by atoms with Gasteiger partial charge in [-0.05, 0) is 75.9 Å². The number of nitrogens with one attached hydrogen (secondary N) is 1. The van der Waals surface area contributed by atoms with Crippen LogP contribution in [0.4, 0.5) is 4.39 Å². The third-order valence-electron chi connectivity index (χ3n) is 5.61. The normalized spacial score (nSPS) is 17.3. The van der Waals surface area contributed by atoms with E-state index in [1.54, 1.807) is 12.1 Å². The molecule has 0 aromatic heterocycles. The zero-order valence-electron chi connectivity index (χ0n) is 20.6. The molecular weight excluding hydrogens is 465 g/mol. The highest BCUT2D eigenvalue weighted by Crippen LogP contribution is 2.36. The Kier molecular flexibility index (Phi) is 10.8. The van der Waals surface area contributed by atoms with Crippen LogP contribution in [-0.2, 0) is 29.5 Å². The van der Waals surface area contributed by atoms with E-state index >= 15 is 0 Å². The fraction of sp³-hybridized carbons (Fsp3) is 0.739. The van der Waals surface area contributed by atoms with Crippen LogP contribution in [0.2, 0.25) is 19.6 Å². The van der Waals surface area contributed by atoms with E-state index in [1.807, 2.05) is 6.92 Å². The summed E-state index contributed by atoms with van der Waals surface area (Å²) in [5.74, 6) is -0.280. The standard InChI is InChI=1S/C23H40FNO6SSi/c1-6-23(31-33(3,4)5,17-25-32(26,27)15-9-14-29-18-28-2)19-12-13-21(24)22(16-19)30-20-10-7-8-11-20/h12-13,16,20,25H,6-11,14-15,17-18H2,1-5H3/t23-/m1/s1. The molecule has 1 fully saturated rings. The van der Waals surface area contributed by atoms with Gasteiger partial charge in [0.2, 0.25) is 10.0 Å². The second-order valence-electron chi connectivity index (χ2n) is 9.54. The molecule has 1 saturated carbocycles. The summed E-state index contributed by atoms with van der Waals surface area (Å²) in [4.78, 5) is 0. The van der Waals surface area contributed by atoms with E-state index in [-0.39, 0.29) is 30.9 Å². The maximum atomic E-state index is 14.6. The molecule has 0 unspecified atom stereocenters. The molecule has 33 heavy (non-hydrogen) atoms. The molecule has 1 N–H and O–H groups in total. The number of benzene rings is 1. The quantitative estimate of drug-likeness (QED) is 0.214. The second-order valence-corrected chi connectivity index (χ2v) is 15.9. The Labute approximate surface area is 199 Å². The Bertz CT molecular complexity index is 842. The van der Waals surface area contributed by atoms with Gasteiger partial charge in [0.05, 0.1) is 24.1 Å². The molecule has 0 aliphatic heterocycles. The summed E-state index contributed by atoms with van der Waals surface area (Å²) in [6.07, 6.45) is 4.89. The predicted octanol–water partition coefficient (Wildman–Crippen LogP) is 4.53. The lowest BCUT2D eigenvalue weighted by molar-refractivity contribution is -0.0298. The minimum atomic E-state index is -3.55. The van der Waals surface area contributed by atoms with Crippen LogP contribution < -0.4 is 9.46 Å². The number of hydrogen-bond donors (Lipinski definition) is 1. The number of hydrogen-bond acceptors (Lipinski definition) is 6. The molecule has 10 heteroatoms. The van der Waals surface area contributed by atoms with Gasteiger partial charge in [-0.1, -0.05) is 13.0 Å². The van der Waals surface area contributed by atoms with Crippen molar-refractivity contribution >= 4 is 18.3 Å². The van der Waals surface area contributed by atoms with Gasteiger partial charge in [-0.25, -0.2) is 17.5 Å². The lowest BCUT2D eigenvalue weighted by Crippen LogP contribution is -2.48. The van der Waals surface area contributed by atoms with Crippen molar-refractivity contribution in [1.82, 2.24) is 4.72 Å².